The Morgan fingerprint density at radius 2 is 1.86 bits per heavy atom. The van der Waals surface area contributed by atoms with Gasteiger partial charge in [0.1, 0.15) is 5.82 Å². The van der Waals surface area contributed by atoms with E-state index in [0.29, 0.717) is 11.3 Å². The van der Waals surface area contributed by atoms with Crippen LogP contribution in [0.5, 0.6) is 0 Å². The van der Waals surface area contributed by atoms with Crippen LogP contribution in [0, 0.1) is 12.7 Å². The smallest absolute Gasteiger partial charge is 0.248 e. The topological polar surface area (TPSA) is 76.1 Å². The second-order valence-electron chi connectivity index (χ2n) is 6.05. The zero-order valence-electron chi connectivity index (χ0n) is 15.0. The molecule has 0 unspecified atom stereocenters. The van der Waals surface area contributed by atoms with E-state index in [1.807, 2.05) is 6.07 Å². The highest BCUT2D eigenvalue weighted by molar-refractivity contribution is 7.91. The number of anilines is 1. The van der Waals surface area contributed by atoms with Crippen LogP contribution in [0.3, 0.4) is 0 Å². The van der Waals surface area contributed by atoms with Crippen LogP contribution in [0.4, 0.5) is 10.1 Å². The Bertz CT molecular complexity index is 1130. The number of amides is 1. The normalized spacial score (nSPS) is 11.5. The fourth-order valence-corrected chi connectivity index (χ4v) is 4.05. The van der Waals surface area contributed by atoms with E-state index in [2.05, 4.69) is 10.3 Å². The van der Waals surface area contributed by atoms with Crippen molar-refractivity contribution in [1.82, 2.24) is 4.98 Å². The lowest BCUT2D eigenvalue weighted by Crippen LogP contribution is -2.08. The van der Waals surface area contributed by atoms with Gasteiger partial charge in [-0.15, -0.1) is 0 Å². The quantitative estimate of drug-likeness (QED) is 0.661. The lowest BCUT2D eigenvalue weighted by atomic mass is 10.2. The molecule has 0 aliphatic heterocycles. The standard InChI is InChI=1S/C21H17FN2O3S/c1-15-4-6-17(22)13-20(15)28(26,27)19-9-7-18(8-10-19)24-21(25)11-5-16-3-2-12-23-14-16/h2-14H,1H3,(H,24,25). The molecular weight excluding hydrogens is 379 g/mol. The fraction of sp³-hybridized carbons (Fsp3) is 0.0476. The largest absolute Gasteiger partial charge is 0.323 e. The number of benzene rings is 2. The van der Waals surface area contributed by atoms with Crippen molar-refractivity contribution in [2.45, 2.75) is 16.7 Å². The SMILES string of the molecule is Cc1ccc(F)cc1S(=O)(=O)c1ccc(NC(=O)C=Cc2cccnc2)cc1. The second kappa shape index (κ2) is 8.14. The number of hydrogen-bond acceptors (Lipinski definition) is 4. The average Bonchev–Trinajstić information content (AvgIpc) is 2.69. The van der Waals surface area contributed by atoms with Crippen molar-refractivity contribution in [2.75, 3.05) is 5.32 Å². The van der Waals surface area contributed by atoms with Gasteiger partial charge >= 0.3 is 0 Å². The summed E-state index contributed by atoms with van der Waals surface area (Å²) < 4.78 is 38.9. The Labute approximate surface area is 162 Å². The van der Waals surface area contributed by atoms with Gasteiger partial charge in [0, 0.05) is 24.2 Å². The highest BCUT2D eigenvalue weighted by atomic mass is 32.2. The van der Waals surface area contributed by atoms with Crippen molar-refractivity contribution in [2.24, 2.45) is 0 Å². The summed E-state index contributed by atoms with van der Waals surface area (Å²) in [5.41, 5.74) is 1.68. The van der Waals surface area contributed by atoms with Crippen LogP contribution in [-0.2, 0) is 14.6 Å². The Balaban J connectivity index is 1.75. The summed E-state index contributed by atoms with van der Waals surface area (Å²) >= 11 is 0. The van der Waals surface area contributed by atoms with E-state index in [9.17, 15) is 17.6 Å². The van der Waals surface area contributed by atoms with E-state index in [-0.39, 0.29) is 15.7 Å². The number of pyridine rings is 1. The molecule has 0 spiro atoms. The van der Waals surface area contributed by atoms with E-state index >= 15 is 0 Å². The molecule has 1 amide bonds. The van der Waals surface area contributed by atoms with Gasteiger partial charge in [0.15, 0.2) is 0 Å². The summed E-state index contributed by atoms with van der Waals surface area (Å²) in [6.45, 7) is 1.61. The number of rotatable bonds is 5. The number of nitrogens with one attached hydrogen (secondary N) is 1. The molecule has 0 aliphatic carbocycles. The van der Waals surface area contributed by atoms with Crippen molar-refractivity contribution in [1.29, 1.82) is 0 Å². The van der Waals surface area contributed by atoms with Crippen molar-refractivity contribution >= 4 is 27.5 Å². The van der Waals surface area contributed by atoms with E-state index in [4.69, 9.17) is 0 Å². The molecule has 7 heteroatoms. The van der Waals surface area contributed by atoms with Gasteiger partial charge in [0.2, 0.25) is 15.7 Å². The van der Waals surface area contributed by atoms with Crippen LogP contribution in [-0.4, -0.2) is 19.3 Å². The maximum Gasteiger partial charge on any atom is 0.248 e. The maximum atomic E-state index is 13.5. The summed E-state index contributed by atoms with van der Waals surface area (Å²) in [5, 5.41) is 2.65. The summed E-state index contributed by atoms with van der Waals surface area (Å²) in [7, 11) is -3.86. The highest BCUT2D eigenvalue weighted by Gasteiger charge is 2.20. The Morgan fingerprint density at radius 3 is 2.54 bits per heavy atom. The number of hydrogen-bond donors (Lipinski definition) is 1. The lowest BCUT2D eigenvalue weighted by molar-refractivity contribution is -0.111. The Morgan fingerprint density at radius 1 is 1.11 bits per heavy atom. The van der Waals surface area contributed by atoms with E-state index in [1.54, 1.807) is 31.5 Å². The fourth-order valence-electron chi connectivity index (χ4n) is 2.54. The van der Waals surface area contributed by atoms with Crippen molar-refractivity contribution < 1.29 is 17.6 Å². The van der Waals surface area contributed by atoms with Crippen LogP contribution in [0.15, 0.2) is 82.9 Å². The molecule has 0 saturated heterocycles. The zero-order chi connectivity index (χ0) is 20.1. The van der Waals surface area contributed by atoms with Crippen molar-refractivity contribution in [3.63, 3.8) is 0 Å². The van der Waals surface area contributed by atoms with Gasteiger partial charge < -0.3 is 5.32 Å². The predicted molar refractivity (Wildman–Crippen MR) is 105 cm³/mol. The molecule has 0 radical (unpaired) electrons. The molecule has 3 aromatic rings. The third kappa shape index (κ3) is 4.50. The van der Waals surface area contributed by atoms with Gasteiger partial charge in [-0.25, -0.2) is 12.8 Å². The minimum absolute atomic E-state index is 0.0186. The van der Waals surface area contributed by atoms with E-state index in [0.717, 1.165) is 11.6 Å². The second-order valence-corrected chi connectivity index (χ2v) is 7.96. The van der Waals surface area contributed by atoms with Gasteiger partial charge in [-0.2, -0.15) is 0 Å². The van der Waals surface area contributed by atoms with Gasteiger partial charge in [0.25, 0.3) is 0 Å². The maximum absolute atomic E-state index is 13.5. The van der Waals surface area contributed by atoms with Crippen molar-refractivity contribution in [3.8, 4) is 0 Å². The molecule has 0 saturated carbocycles. The number of aromatic nitrogens is 1. The number of aryl methyl sites for hydroxylation is 1. The van der Waals surface area contributed by atoms with Crippen LogP contribution < -0.4 is 5.32 Å². The first kappa shape index (κ1) is 19.4. The number of nitrogens with zero attached hydrogens (tertiary/aromatic N) is 1. The molecule has 1 aromatic heterocycles. The molecule has 0 atom stereocenters. The van der Waals surface area contributed by atoms with Gasteiger partial charge in [0.05, 0.1) is 9.79 Å². The molecule has 1 N–H and O–H groups in total. The third-order valence-electron chi connectivity index (χ3n) is 3.98. The number of sulfone groups is 1. The van der Waals surface area contributed by atoms with Gasteiger partial charge in [-0.1, -0.05) is 12.1 Å². The summed E-state index contributed by atoms with van der Waals surface area (Å²) in [4.78, 5) is 15.9. The zero-order valence-corrected chi connectivity index (χ0v) is 15.8. The van der Waals surface area contributed by atoms with Crippen LogP contribution >= 0.6 is 0 Å². The number of halogens is 1. The van der Waals surface area contributed by atoms with Crippen LogP contribution in [0.2, 0.25) is 0 Å². The van der Waals surface area contributed by atoms with E-state index in [1.165, 1.54) is 42.5 Å². The molecule has 3 rings (SSSR count). The molecular formula is C21H17FN2O3S. The molecule has 28 heavy (non-hydrogen) atoms. The predicted octanol–water partition coefficient (Wildman–Crippen LogP) is 4.01. The minimum atomic E-state index is -3.86. The highest BCUT2D eigenvalue weighted by Crippen LogP contribution is 2.25. The first-order valence-electron chi connectivity index (χ1n) is 8.37. The van der Waals surface area contributed by atoms with Gasteiger partial charge in [-0.05, 0) is 66.6 Å². The number of carbonyl (C=O) groups is 1. The molecule has 1 heterocycles. The minimum Gasteiger partial charge on any atom is -0.323 e. The number of carbonyl (C=O) groups excluding carboxylic acids is 1. The summed E-state index contributed by atoms with van der Waals surface area (Å²) in [6, 6.07) is 12.9. The molecule has 0 aliphatic rings. The Kier molecular flexibility index (Phi) is 5.65. The Hall–Kier alpha value is -3.32. The lowest BCUT2D eigenvalue weighted by Gasteiger charge is -2.09. The molecule has 0 bridgehead atoms. The van der Waals surface area contributed by atoms with Crippen LogP contribution in [0.25, 0.3) is 6.08 Å². The van der Waals surface area contributed by atoms with Crippen LogP contribution in [0.1, 0.15) is 11.1 Å². The molecule has 142 valence electrons. The average molecular weight is 396 g/mol. The summed E-state index contributed by atoms with van der Waals surface area (Å²) in [6.07, 6.45) is 6.24. The molecule has 5 nitrogen and oxygen atoms in total. The molecule has 0 fully saturated rings. The summed E-state index contributed by atoms with van der Waals surface area (Å²) in [5.74, 6) is -0.978. The van der Waals surface area contributed by atoms with E-state index < -0.39 is 15.7 Å². The monoisotopic (exact) mass is 396 g/mol. The van der Waals surface area contributed by atoms with Gasteiger partial charge in [-0.3, -0.25) is 9.78 Å². The molecule has 2 aromatic carbocycles. The first-order valence-corrected chi connectivity index (χ1v) is 9.85. The third-order valence-corrected chi connectivity index (χ3v) is 5.90. The van der Waals surface area contributed by atoms with Crippen molar-refractivity contribution in [3.05, 3.63) is 90.0 Å². The first-order chi connectivity index (χ1) is 13.4.